The molecule has 7 aromatic heterocycles. The number of hydrogen-bond donors (Lipinski definition) is 0. The number of piperidine rings is 10. The molecule has 34 heteroatoms. The van der Waals surface area contributed by atoms with Crippen LogP contribution in [0.2, 0.25) is 10.0 Å². The number of nitrogens with zero attached hydrogens (tertiary/aromatic N) is 30. The zero-order valence-corrected chi connectivity index (χ0v) is 81.6. The lowest BCUT2D eigenvalue weighted by molar-refractivity contribution is 0.232. The average Bonchev–Trinajstić information content (AvgIpc) is 1.61. The minimum Gasteiger partial charge on any atom is -0.372 e. The maximum Gasteiger partial charge on any atom is 0.238 e. The Balaban J connectivity index is 0.000000124. The number of halogens is 3. The fourth-order valence-electron chi connectivity index (χ4n) is 22.0. The molecule has 10 aromatic rings. The van der Waals surface area contributed by atoms with E-state index in [4.69, 9.17) is 53.4 Å². The highest BCUT2D eigenvalue weighted by atomic mass is 35.5. The Morgan fingerprint density at radius 2 is 0.672 bits per heavy atom. The van der Waals surface area contributed by atoms with E-state index in [9.17, 15) is 4.39 Å². The first-order valence-electron chi connectivity index (χ1n) is 49.1. The standard InChI is InChI=1S/C22H26ClN5.C21H24ClN5.C21H24FN5.C20H25N7.C19H26N8S/c1-16-14-25-22(26-15-16)28-11-7-18(8-12-28)17-5-9-27(10-6-17)19-3-4-21(24-2)20(23)13-19;1-23-20-4-3-18(15-19(20)22)26-11-5-16(6-12-26)17-7-13-27(14-8-17)21-24-9-2-10-25-21;1-23-18-3-4-20(19(22)15-18)26-11-5-16(6-12-26)17-7-13-27(14-8-17)21-24-9-2-10-25-21;1-15-12-22-20(23-13-15)27-8-4-17(5-9-27)16-2-6-26(7-3-16)19-10-18(11-21)24-14-25-19;1-25(2)18-23-19(28-24-18)27-9-5-15(6-10-27)14-3-7-26(8-4-14)17-11-16(12-20)21-13-22-17/h3-4,13-15,17-18H,5-12H2,1H3;2*2-4,9-10,15-17H,5-8,11-14H2;10,12-14,16-17H,2-9H2,1H3;11,13-15H,3-10H2,1-2H3. The highest BCUT2D eigenvalue weighted by molar-refractivity contribution is 7.09. The van der Waals surface area contributed by atoms with E-state index in [1.54, 1.807) is 36.7 Å². The molecule has 714 valence electrons. The first-order chi connectivity index (χ1) is 67.0. The van der Waals surface area contributed by atoms with E-state index in [0.29, 0.717) is 50.1 Å². The van der Waals surface area contributed by atoms with Gasteiger partial charge < -0.3 is 53.9 Å². The number of aryl methyl sites for hydroxylation is 2. The van der Waals surface area contributed by atoms with Gasteiger partial charge in [-0.25, -0.2) is 78.7 Å². The van der Waals surface area contributed by atoms with Gasteiger partial charge >= 0.3 is 0 Å². The minimum absolute atomic E-state index is 0.280. The van der Waals surface area contributed by atoms with Crippen LogP contribution in [-0.2, 0) is 0 Å². The van der Waals surface area contributed by atoms with Crippen LogP contribution in [0.25, 0.3) is 14.5 Å². The summed E-state index contributed by atoms with van der Waals surface area (Å²) in [6.07, 6.45) is 41.9. The molecule has 10 aliphatic rings. The first kappa shape index (κ1) is 97.5. The van der Waals surface area contributed by atoms with Crippen LogP contribution in [0.3, 0.4) is 0 Å². The summed E-state index contributed by atoms with van der Waals surface area (Å²) < 4.78 is 18.7. The van der Waals surface area contributed by atoms with Crippen molar-refractivity contribution in [2.45, 2.75) is 142 Å². The zero-order valence-electron chi connectivity index (χ0n) is 79.3. The summed E-state index contributed by atoms with van der Waals surface area (Å²) in [5.74, 6) is 13.5. The molecule has 10 aliphatic heterocycles. The number of aromatic nitrogens is 14. The molecule has 0 N–H and O–H groups in total. The van der Waals surface area contributed by atoms with Crippen LogP contribution in [0.15, 0.2) is 141 Å². The van der Waals surface area contributed by atoms with Crippen molar-refractivity contribution in [3.63, 3.8) is 0 Å². The van der Waals surface area contributed by atoms with Crippen molar-refractivity contribution in [1.82, 2.24) is 69.2 Å². The molecule has 10 fully saturated rings. The van der Waals surface area contributed by atoms with E-state index in [1.807, 2.05) is 119 Å². The van der Waals surface area contributed by atoms with E-state index < -0.39 is 0 Å². The Bertz CT molecular complexity index is 5710. The van der Waals surface area contributed by atoms with Crippen molar-refractivity contribution in [3.8, 4) is 12.1 Å². The quantitative estimate of drug-likeness (QED) is 0.0813. The van der Waals surface area contributed by atoms with Gasteiger partial charge in [-0.3, -0.25) is 0 Å². The first-order valence-corrected chi connectivity index (χ1v) is 50.6. The van der Waals surface area contributed by atoms with Crippen LogP contribution in [0.1, 0.15) is 151 Å². The Labute approximate surface area is 820 Å². The van der Waals surface area contributed by atoms with E-state index in [1.165, 1.54) is 146 Å². The second-order valence-electron chi connectivity index (χ2n) is 38.2. The average molecular weight is 1910 g/mol. The fourth-order valence-corrected chi connectivity index (χ4v) is 23.2. The molecule has 0 radical (unpaired) electrons. The number of hydrogen-bond acceptors (Lipinski definition) is 28. The number of anilines is 11. The molecule has 3 aromatic carbocycles. The molecular weight excluding hydrogens is 1780 g/mol. The van der Waals surface area contributed by atoms with Crippen molar-refractivity contribution in [2.75, 3.05) is 199 Å². The van der Waals surface area contributed by atoms with Crippen molar-refractivity contribution in [3.05, 3.63) is 214 Å². The molecule has 0 bridgehead atoms. The summed E-state index contributed by atoms with van der Waals surface area (Å²) in [7, 11) is 3.96. The molecule has 0 unspecified atom stereocenters. The van der Waals surface area contributed by atoms with Crippen LogP contribution >= 0.6 is 34.7 Å². The van der Waals surface area contributed by atoms with Crippen LogP contribution in [0.4, 0.5) is 85.0 Å². The Hall–Kier alpha value is -12.5. The summed E-state index contributed by atoms with van der Waals surface area (Å²) in [6.45, 7) is 45.9. The predicted molar refractivity (Wildman–Crippen MR) is 543 cm³/mol. The second kappa shape index (κ2) is 48.0. The predicted octanol–water partition coefficient (Wildman–Crippen LogP) is 19.2. The third kappa shape index (κ3) is 25.8. The van der Waals surface area contributed by atoms with E-state index in [2.05, 4.69) is 145 Å². The van der Waals surface area contributed by atoms with Crippen molar-refractivity contribution < 1.29 is 4.39 Å². The monoisotopic (exact) mass is 1900 g/mol. The number of benzene rings is 3. The van der Waals surface area contributed by atoms with Crippen molar-refractivity contribution in [2.24, 2.45) is 59.2 Å². The molecule has 20 rings (SSSR count). The molecule has 137 heavy (non-hydrogen) atoms. The molecule has 10 saturated heterocycles. The summed E-state index contributed by atoms with van der Waals surface area (Å²) in [4.78, 5) is 91.9. The molecule has 17 heterocycles. The molecule has 0 amide bonds. The highest BCUT2D eigenvalue weighted by Crippen LogP contribution is 2.43. The van der Waals surface area contributed by atoms with Crippen molar-refractivity contribution >= 4 is 115 Å². The number of rotatable bonds is 16. The summed E-state index contributed by atoms with van der Waals surface area (Å²) in [5, 5.41) is 20.2. The summed E-state index contributed by atoms with van der Waals surface area (Å²) >= 11 is 13.9. The number of nitriles is 2. The fraction of sp³-hybridized carbons (Fsp3) is 0.524. The van der Waals surface area contributed by atoms with Gasteiger partial charge in [-0.2, -0.15) is 19.9 Å². The SMILES string of the molecule is CN(C)c1nsc(N2CCC(C3CCN(c4cc(C#N)ncn4)CC3)CC2)n1.Cc1cnc(N2CCC(C3CCN(c4cc(C#N)ncn4)CC3)CC2)nc1.[C-]#[N+]c1ccc(N2CCC(C3CCN(c4ncc(C)cn4)CC3)CC2)cc1Cl.[C-]#[N+]c1ccc(N2CCC(C3CCN(c4ncccn4)CC3)CC2)c(F)c1.[C-]#[N+]c1ccc(N2CCC(C3CCN(c4ncccn4)CC3)CC2)cc1Cl. The lowest BCUT2D eigenvalue weighted by Crippen LogP contribution is -2.41. The molecule has 0 spiro atoms. The molecule has 0 aliphatic carbocycles. The van der Waals surface area contributed by atoms with Gasteiger partial charge in [-0.15, -0.1) is 0 Å². The normalized spacial score (nSPS) is 19.0. The third-order valence-electron chi connectivity index (χ3n) is 30.0. The topological polar surface area (TPSA) is 277 Å². The van der Waals surface area contributed by atoms with Crippen LogP contribution in [0, 0.1) is 121 Å². The minimum atomic E-state index is -0.280. The Morgan fingerprint density at radius 3 is 0.964 bits per heavy atom. The van der Waals surface area contributed by atoms with E-state index in [-0.39, 0.29) is 5.82 Å². The largest absolute Gasteiger partial charge is 0.372 e. The lowest BCUT2D eigenvalue weighted by atomic mass is 9.79. The lowest BCUT2D eigenvalue weighted by Gasteiger charge is -2.41. The van der Waals surface area contributed by atoms with Gasteiger partial charge in [0, 0.05) is 240 Å². The van der Waals surface area contributed by atoms with Gasteiger partial charge in [0.25, 0.3) is 0 Å². The van der Waals surface area contributed by atoms with Gasteiger partial charge in [-0.1, -0.05) is 41.4 Å². The van der Waals surface area contributed by atoms with Crippen molar-refractivity contribution in [1.29, 1.82) is 10.5 Å². The summed E-state index contributed by atoms with van der Waals surface area (Å²) in [5.41, 5.74) is 7.43. The Kier molecular flexibility index (Phi) is 34.2. The van der Waals surface area contributed by atoms with Gasteiger partial charge in [-0.05, 0) is 261 Å². The molecule has 0 saturated carbocycles. The zero-order chi connectivity index (χ0) is 94.9. The third-order valence-corrected chi connectivity index (χ3v) is 31.4. The maximum atomic E-state index is 14.3. The smallest absolute Gasteiger partial charge is 0.238 e. The second-order valence-corrected chi connectivity index (χ2v) is 39.8. The molecule has 0 atom stereocenters. The Morgan fingerprint density at radius 1 is 0.365 bits per heavy atom. The maximum absolute atomic E-state index is 14.3. The van der Waals surface area contributed by atoms with Crippen LogP contribution in [-0.4, -0.2) is 214 Å². The highest BCUT2D eigenvalue weighted by Gasteiger charge is 2.38. The van der Waals surface area contributed by atoms with Gasteiger partial charge in [0.1, 0.15) is 53.6 Å². The van der Waals surface area contributed by atoms with E-state index in [0.717, 1.165) is 266 Å². The van der Waals surface area contributed by atoms with E-state index >= 15 is 0 Å². The summed E-state index contributed by atoms with van der Waals surface area (Å²) in [6, 6.07) is 27.9. The van der Waals surface area contributed by atoms with Crippen LogP contribution < -0.4 is 53.9 Å². The van der Waals surface area contributed by atoms with Gasteiger partial charge in [0.05, 0.1) is 25.4 Å². The molecular formula is C103H125Cl2FN30S. The van der Waals surface area contributed by atoms with Gasteiger partial charge in [0.15, 0.2) is 5.69 Å². The van der Waals surface area contributed by atoms with Gasteiger partial charge in [0.2, 0.25) is 46.2 Å². The van der Waals surface area contributed by atoms with Crippen LogP contribution in [0.5, 0.6) is 0 Å². The molecule has 30 nitrogen and oxygen atoms in total.